The molecule has 0 N–H and O–H groups in total. The summed E-state index contributed by atoms with van der Waals surface area (Å²) >= 11 is 0. The minimum atomic E-state index is -0.263. The Kier molecular flexibility index (Phi) is 6.74. The van der Waals surface area contributed by atoms with E-state index in [1.54, 1.807) is 24.0 Å². The molecule has 0 spiro atoms. The molecule has 4 heteroatoms. The Morgan fingerprint density at radius 1 is 1.14 bits per heavy atom. The molecule has 2 aromatic carbocycles. The standard InChI is InChI=1S/C25H32FNO2/c1-4-24(3)19-25(15-17-29-24,22-11-6-5-7-12-22)14-16-27(20(2)28)18-21-10-8-9-13-23(21)26/h5-13H,4,14-19H2,1-3H3/t24-,25-/m1/s1. The van der Waals surface area contributed by atoms with Gasteiger partial charge >= 0.3 is 0 Å². The molecule has 0 saturated carbocycles. The summed E-state index contributed by atoms with van der Waals surface area (Å²) in [6, 6.07) is 17.3. The van der Waals surface area contributed by atoms with Gasteiger partial charge in [-0.3, -0.25) is 4.79 Å². The van der Waals surface area contributed by atoms with Gasteiger partial charge in [0.1, 0.15) is 5.82 Å². The van der Waals surface area contributed by atoms with Gasteiger partial charge in [-0.1, -0.05) is 55.5 Å². The maximum absolute atomic E-state index is 14.1. The SMILES string of the molecule is CC[C@]1(C)C[C@](CCN(Cc2ccccc2F)C(C)=O)(c2ccccc2)CCO1. The number of amides is 1. The fourth-order valence-corrected chi connectivity index (χ4v) is 4.50. The Balaban J connectivity index is 1.83. The fourth-order valence-electron chi connectivity index (χ4n) is 4.50. The molecule has 3 rings (SSSR count). The second-order valence-corrected chi connectivity index (χ2v) is 8.51. The Bertz CT molecular complexity index is 825. The Morgan fingerprint density at radius 2 is 1.83 bits per heavy atom. The summed E-state index contributed by atoms with van der Waals surface area (Å²) in [7, 11) is 0. The molecule has 1 heterocycles. The third kappa shape index (κ3) is 5.05. The van der Waals surface area contributed by atoms with Crippen molar-refractivity contribution in [1.29, 1.82) is 0 Å². The van der Waals surface area contributed by atoms with Gasteiger partial charge in [-0.25, -0.2) is 4.39 Å². The maximum Gasteiger partial charge on any atom is 0.219 e. The van der Waals surface area contributed by atoms with E-state index in [0.717, 1.165) is 25.7 Å². The van der Waals surface area contributed by atoms with E-state index in [1.165, 1.54) is 11.6 Å². The minimum absolute atomic E-state index is 0.0261. The zero-order valence-electron chi connectivity index (χ0n) is 17.8. The third-order valence-electron chi connectivity index (χ3n) is 6.50. The van der Waals surface area contributed by atoms with Crippen molar-refractivity contribution in [3.05, 3.63) is 71.5 Å². The summed E-state index contributed by atoms with van der Waals surface area (Å²) in [5.74, 6) is -0.289. The van der Waals surface area contributed by atoms with Gasteiger partial charge in [0, 0.05) is 37.6 Å². The molecule has 0 aromatic heterocycles. The number of nitrogens with zero attached hydrogens (tertiary/aromatic N) is 1. The lowest BCUT2D eigenvalue weighted by Gasteiger charge is -2.47. The smallest absolute Gasteiger partial charge is 0.219 e. The van der Waals surface area contributed by atoms with E-state index in [9.17, 15) is 9.18 Å². The summed E-state index contributed by atoms with van der Waals surface area (Å²) < 4.78 is 20.3. The van der Waals surface area contributed by atoms with Crippen molar-refractivity contribution >= 4 is 5.91 Å². The molecule has 0 bridgehead atoms. The average molecular weight is 398 g/mol. The highest BCUT2D eigenvalue weighted by Crippen LogP contribution is 2.45. The predicted molar refractivity (Wildman–Crippen MR) is 114 cm³/mol. The first-order valence-electron chi connectivity index (χ1n) is 10.6. The molecular weight excluding hydrogens is 365 g/mol. The molecule has 1 aliphatic rings. The van der Waals surface area contributed by atoms with Crippen LogP contribution in [0, 0.1) is 5.82 Å². The Hall–Kier alpha value is -2.20. The minimum Gasteiger partial charge on any atom is -0.375 e. The molecule has 2 atom stereocenters. The molecule has 1 aliphatic heterocycles. The molecule has 0 radical (unpaired) electrons. The van der Waals surface area contributed by atoms with Crippen molar-refractivity contribution in [2.45, 2.75) is 64.0 Å². The lowest BCUT2D eigenvalue weighted by atomic mass is 9.66. The summed E-state index contributed by atoms with van der Waals surface area (Å²) in [5.41, 5.74) is 1.65. The van der Waals surface area contributed by atoms with E-state index in [4.69, 9.17) is 4.74 Å². The van der Waals surface area contributed by atoms with Gasteiger partial charge in [-0.15, -0.1) is 0 Å². The highest BCUT2D eigenvalue weighted by atomic mass is 19.1. The number of benzene rings is 2. The maximum atomic E-state index is 14.1. The van der Waals surface area contributed by atoms with Gasteiger partial charge in [-0.05, 0) is 44.2 Å². The lowest BCUT2D eigenvalue weighted by Crippen LogP contribution is -2.47. The Morgan fingerprint density at radius 3 is 2.48 bits per heavy atom. The Labute approximate surface area is 173 Å². The predicted octanol–water partition coefficient (Wildman–Crippen LogP) is 5.48. The summed E-state index contributed by atoms with van der Waals surface area (Å²) in [6.45, 7) is 7.53. The van der Waals surface area contributed by atoms with Crippen LogP contribution in [-0.4, -0.2) is 29.6 Å². The van der Waals surface area contributed by atoms with E-state index in [2.05, 4.69) is 38.1 Å². The summed E-state index contributed by atoms with van der Waals surface area (Å²) in [6.07, 6.45) is 3.64. The highest BCUT2D eigenvalue weighted by Gasteiger charge is 2.43. The average Bonchev–Trinajstić information content (AvgIpc) is 2.73. The van der Waals surface area contributed by atoms with E-state index < -0.39 is 0 Å². The first-order valence-corrected chi connectivity index (χ1v) is 10.6. The van der Waals surface area contributed by atoms with Crippen molar-refractivity contribution in [2.24, 2.45) is 0 Å². The third-order valence-corrected chi connectivity index (χ3v) is 6.50. The van der Waals surface area contributed by atoms with E-state index in [1.807, 2.05) is 12.1 Å². The number of carbonyl (C=O) groups is 1. The van der Waals surface area contributed by atoms with Crippen LogP contribution in [-0.2, 0) is 21.5 Å². The number of halogens is 1. The molecule has 29 heavy (non-hydrogen) atoms. The van der Waals surface area contributed by atoms with Crippen molar-refractivity contribution in [3.8, 4) is 0 Å². The number of carbonyl (C=O) groups excluding carboxylic acids is 1. The van der Waals surface area contributed by atoms with Crippen LogP contribution in [0.3, 0.4) is 0 Å². The normalized spacial score (nSPS) is 24.3. The first-order chi connectivity index (χ1) is 13.9. The van der Waals surface area contributed by atoms with Crippen molar-refractivity contribution in [1.82, 2.24) is 4.90 Å². The second-order valence-electron chi connectivity index (χ2n) is 8.51. The lowest BCUT2D eigenvalue weighted by molar-refractivity contribution is -0.130. The highest BCUT2D eigenvalue weighted by molar-refractivity contribution is 5.73. The van der Waals surface area contributed by atoms with Crippen molar-refractivity contribution in [2.75, 3.05) is 13.2 Å². The zero-order chi connectivity index (χ0) is 20.9. The van der Waals surface area contributed by atoms with E-state index in [0.29, 0.717) is 25.3 Å². The monoisotopic (exact) mass is 397 g/mol. The first kappa shape index (κ1) is 21.5. The molecule has 1 fully saturated rings. The van der Waals surface area contributed by atoms with Gasteiger partial charge in [-0.2, -0.15) is 0 Å². The quantitative estimate of drug-likeness (QED) is 0.619. The van der Waals surface area contributed by atoms with Crippen LogP contribution in [0.25, 0.3) is 0 Å². The molecule has 0 aliphatic carbocycles. The van der Waals surface area contributed by atoms with Crippen LogP contribution in [0.2, 0.25) is 0 Å². The molecule has 1 amide bonds. The summed E-state index contributed by atoms with van der Waals surface area (Å²) in [4.78, 5) is 14.1. The number of hydrogen-bond donors (Lipinski definition) is 0. The number of ether oxygens (including phenoxy) is 1. The fraction of sp³-hybridized carbons (Fsp3) is 0.480. The van der Waals surface area contributed by atoms with Crippen LogP contribution >= 0.6 is 0 Å². The van der Waals surface area contributed by atoms with Gasteiger partial charge in [0.15, 0.2) is 0 Å². The van der Waals surface area contributed by atoms with Crippen LogP contribution in [0.1, 0.15) is 57.6 Å². The van der Waals surface area contributed by atoms with E-state index in [-0.39, 0.29) is 22.7 Å². The van der Waals surface area contributed by atoms with Gasteiger partial charge < -0.3 is 9.64 Å². The zero-order valence-corrected chi connectivity index (χ0v) is 17.8. The second kappa shape index (κ2) is 9.08. The molecular formula is C25H32FNO2. The van der Waals surface area contributed by atoms with Crippen LogP contribution in [0.15, 0.2) is 54.6 Å². The molecule has 3 nitrogen and oxygen atoms in total. The number of rotatable bonds is 7. The van der Waals surface area contributed by atoms with Crippen molar-refractivity contribution < 1.29 is 13.9 Å². The summed E-state index contributed by atoms with van der Waals surface area (Å²) in [5, 5.41) is 0. The van der Waals surface area contributed by atoms with Gasteiger partial charge in [0.25, 0.3) is 0 Å². The molecule has 2 aromatic rings. The van der Waals surface area contributed by atoms with Gasteiger partial charge in [0.2, 0.25) is 5.91 Å². The topological polar surface area (TPSA) is 29.5 Å². The molecule has 156 valence electrons. The van der Waals surface area contributed by atoms with Gasteiger partial charge in [0.05, 0.1) is 5.60 Å². The van der Waals surface area contributed by atoms with Crippen LogP contribution in [0.4, 0.5) is 4.39 Å². The molecule has 0 unspecified atom stereocenters. The number of hydrogen-bond acceptors (Lipinski definition) is 2. The van der Waals surface area contributed by atoms with Crippen molar-refractivity contribution in [3.63, 3.8) is 0 Å². The van der Waals surface area contributed by atoms with Crippen LogP contribution < -0.4 is 0 Å². The largest absolute Gasteiger partial charge is 0.375 e. The van der Waals surface area contributed by atoms with E-state index >= 15 is 0 Å². The van der Waals surface area contributed by atoms with Crippen LogP contribution in [0.5, 0.6) is 0 Å². The molecule has 1 saturated heterocycles.